The van der Waals surface area contributed by atoms with Crippen LogP contribution in [-0.2, 0) is 9.47 Å². The van der Waals surface area contributed by atoms with Crippen LogP contribution in [0.15, 0.2) is 36.4 Å². The lowest BCUT2D eigenvalue weighted by atomic mass is 10.00. The fraction of sp³-hybridized carbons (Fsp3) is 0.222. The number of esters is 2. The predicted molar refractivity (Wildman–Crippen MR) is 87.1 cm³/mol. The van der Waals surface area contributed by atoms with Gasteiger partial charge in [0.2, 0.25) is 0 Å². The van der Waals surface area contributed by atoms with Crippen molar-refractivity contribution in [2.45, 2.75) is 13.8 Å². The average molecular weight is 330 g/mol. The zero-order valence-electron chi connectivity index (χ0n) is 13.4. The Morgan fingerprint density at radius 3 is 1.46 bits per heavy atom. The lowest BCUT2D eigenvalue weighted by molar-refractivity contribution is 0.0516. The molecule has 0 fully saturated rings. The molecule has 126 valence electrons. The van der Waals surface area contributed by atoms with Gasteiger partial charge in [-0.1, -0.05) is 0 Å². The van der Waals surface area contributed by atoms with Gasteiger partial charge < -0.3 is 19.7 Å². The van der Waals surface area contributed by atoms with Gasteiger partial charge in [0.25, 0.3) is 0 Å². The van der Waals surface area contributed by atoms with Gasteiger partial charge in [-0.2, -0.15) is 0 Å². The molecule has 24 heavy (non-hydrogen) atoms. The van der Waals surface area contributed by atoms with Crippen LogP contribution in [-0.4, -0.2) is 35.4 Å². The second kappa shape index (κ2) is 7.50. The fourth-order valence-corrected chi connectivity index (χ4v) is 2.22. The quantitative estimate of drug-likeness (QED) is 0.818. The summed E-state index contributed by atoms with van der Waals surface area (Å²) < 4.78 is 9.84. The zero-order valence-corrected chi connectivity index (χ0v) is 13.4. The van der Waals surface area contributed by atoms with E-state index >= 15 is 0 Å². The maximum absolute atomic E-state index is 11.9. The minimum absolute atomic E-state index is 0.128. The molecule has 0 aliphatic heterocycles. The van der Waals surface area contributed by atoms with Gasteiger partial charge in [0.1, 0.15) is 11.5 Å². The van der Waals surface area contributed by atoms with Crippen LogP contribution in [0.2, 0.25) is 0 Å². The second-order valence-electron chi connectivity index (χ2n) is 4.98. The average Bonchev–Trinajstić information content (AvgIpc) is 2.54. The van der Waals surface area contributed by atoms with E-state index in [9.17, 15) is 19.8 Å². The van der Waals surface area contributed by atoms with Crippen molar-refractivity contribution in [1.82, 2.24) is 0 Å². The highest BCUT2D eigenvalue weighted by Gasteiger charge is 2.14. The molecular weight excluding hydrogens is 312 g/mol. The number of phenols is 2. The van der Waals surface area contributed by atoms with E-state index in [4.69, 9.17) is 9.47 Å². The van der Waals surface area contributed by atoms with Gasteiger partial charge in [-0.05, 0) is 61.4 Å². The van der Waals surface area contributed by atoms with Gasteiger partial charge in [0.05, 0.1) is 24.3 Å². The SMILES string of the molecule is CCOC(=O)c1cc(O)cc(-c2cc(O)cc(C(=O)OCC)c2)c1. The molecule has 0 bridgehead atoms. The van der Waals surface area contributed by atoms with Gasteiger partial charge in [-0.3, -0.25) is 0 Å². The molecule has 0 saturated carbocycles. The standard InChI is InChI=1S/C18H18O6/c1-3-23-17(21)13-5-11(7-15(19)9-13)12-6-14(10-16(20)8-12)18(22)24-4-2/h5-10,19-20H,3-4H2,1-2H3. The summed E-state index contributed by atoms with van der Waals surface area (Å²) in [5.41, 5.74) is 1.26. The van der Waals surface area contributed by atoms with E-state index in [0.29, 0.717) is 11.1 Å². The molecular formula is C18H18O6. The molecule has 2 aromatic carbocycles. The van der Waals surface area contributed by atoms with Gasteiger partial charge in [-0.25, -0.2) is 9.59 Å². The first-order valence-corrected chi connectivity index (χ1v) is 7.47. The number of rotatable bonds is 5. The number of carbonyl (C=O) groups is 2. The second-order valence-corrected chi connectivity index (χ2v) is 4.98. The lowest BCUT2D eigenvalue weighted by Crippen LogP contribution is -2.05. The summed E-state index contributed by atoms with van der Waals surface area (Å²) in [6.45, 7) is 3.79. The van der Waals surface area contributed by atoms with Crippen molar-refractivity contribution in [3.05, 3.63) is 47.5 Å². The van der Waals surface area contributed by atoms with Gasteiger partial charge in [0.15, 0.2) is 0 Å². The number of carbonyl (C=O) groups excluding carboxylic acids is 2. The molecule has 6 nitrogen and oxygen atoms in total. The highest BCUT2D eigenvalue weighted by atomic mass is 16.5. The van der Waals surface area contributed by atoms with Crippen LogP contribution in [0.25, 0.3) is 11.1 Å². The topological polar surface area (TPSA) is 93.1 Å². The number of ether oxygens (including phenoxy) is 2. The molecule has 0 radical (unpaired) electrons. The number of aromatic hydroxyl groups is 2. The molecule has 0 heterocycles. The van der Waals surface area contributed by atoms with E-state index in [-0.39, 0.29) is 35.8 Å². The van der Waals surface area contributed by atoms with Crippen LogP contribution in [0.3, 0.4) is 0 Å². The summed E-state index contributed by atoms with van der Waals surface area (Å²) in [5.74, 6) is -1.39. The largest absolute Gasteiger partial charge is 0.508 e. The van der Waals surface area contributed by atoms with Crippen LogP contribution >= 0.6 is 0 Å². The Balaban J connectivity index is 2.48. The third-order valence-corrected chi connectivity index (χ3v) is 3.19. The summed E-state index contributed by atoms with van der Waals surface area (Å²) >= 11 is 0. The Morgan fingerprint density at radius 2 is 1.12 bits per heavy atom. The van der Waals surface area contributed by atoms with E-state index < -0.39 is 11.9 Å². The Kier molecular flexibility index (Phi) is 5.42. The molecule has 2 rings (SSSR count). The summed E-state index contributed by atoms with van der Waals surface area (Å²) in [6, 6.07) is 8.45. The smallest absolute Gasteiger partial charge is 0.338 e. The van der Waals surface area contributed by atoms with Crippen molar-refractivity contribution >= 4 is 11.9 Å². The Bertz CT molecular complexity index is 701. The third kappa shape index (κ3) is 4.04. The van der Waals surface area contributed by atoms with Crippen LogP contribution in [0.1, 0.15) is 34.6 Å². The summed E-state index contributed by atoms with van der Waals surface area (Å²) in [7, 11) is 0. The fourth-order valence-electron chi connectivity index (χ4n) is 2.22. The van der Waals surface area contributed by atoms with Crippen molar-refractivity contribution in [2.75, 3.05) is 13.2 Å². The maximum Gasteiger partial charge on any atom is 0.338 e. The monoisotopic (exact) mass is 330 g/mol. The van der Waals surface area contributed by atoms with E-state index in [1.165, 1.54) is 36.4 Å². The van der Waals surface area contributed by atoms with Gasteiger partial charge in [0, 0.05) is 0 Å². The molecule has 0 unspecified atom stereocenters. The van der Waals surface area contributed by atoms with Crippen molar-refractivity contribution in [3.8, 4) is 22.6 Å². The van der Waals surface area contributed by atoms with Crippen molar-refractivity contribution < 1.29 is 29.3 Å². The van der Waals surface area contributed by atoms with Crippen LogP contribution in [0, 0.1) is 0 Å². The molecule has 6 heteroatoms. The maximum atomic E-state index is 11.9. The molecule has 0 atom stereocenters. The molecule has 2 aromatic rings. The summed E-state index contributed by atoms with van der Waals surface area (Å²) in [4.78, 5) is 23.7. The number of hydrogen-bond acceptors (Lipinski definition) is 6. The van der Waals surface area contributed by atoms with Crippen LogP contribution < -0.4 is 0 Å². The molecule has 0 spiro atoms. The van der Waals surface area contributed by atoms with Crippen molar-refractivity contribution in [2.24, 2.45) is 0 Å². The predicted octanol–water partition coefficient (Wildman–Crippen LogP) is 3.12. The summed E-state index contributed by atoms with van der Waals surface area (Å²) in [6.07, 6.45) is 0. The highest BCUT2D eigenvalue weighted by molar-refractivity contribution is 5.94. The van der Waals surface area contributed by atoms with E-state index in [1.54, 1.807) is 13.8 Å². The number of hydrogen-bond donors (Lipinski definition) is 2. The minimum Gasteiger partial charge on any atom is -0.508 e. The molecule has 0 aliphatic carbocycles. The first-order chi connectivity index (χ1) is 11.4. The first-order valence-electron chi connectivity index (χ1n) is 7.47. The molecule has 2 N–H and O–H groups in total. The normalized spacial score (nSPS) is 10.2. The highest BCUT2D eigenvalue weighted by Crippen LogP contribution is 2.29. The van der Waals surface area contributed by atoms with E-state index in [0.717, 1.165) is 0 Å². The Labute approximate surface area is 139 Å². The Hall–Kier alpha value is -3.02. The van der Waals surface area contributed by atoms with Crippen molar-refractivity contribution in [1.29, 1.82) is 0 Å². The lowest BCUT2D eigenvalue weighted by Gasteiger charge is -2.09. The molecule has 0 aliphatic rings. The third-order valence-electron chi connectivity index (χ3n) is 3.19. The van der Waals surface area contributed by atoms with Gasteiger partial charge in [-0.15, -0.1) is 0 Å². The molecule has 0 saturated heterocycles. The van der Waals surface area contributed by atoms with Gasteiger partial charge >= 0.3 is 11.9 Å². The number of phenolic OH excluding ortho intramolecular Hbond substituents is 2. The summed E-state index contributed by atoms with van der Waals surface area (Å²) in [5, 5.41) is 19.7. The zero-order chi connectivity index (χ0) is 17.7. The van der Waals surface area contributed by atoms with E-state index in [1.807, 2.05) is 0 Å². The Morgan fingerprint density at radius 1 is 0.750 bits per heavy atom. The first kappa shape index (κ1) is 17.3. The van der Waals surface area contributed by atoms with Crippen LogP contribution in [0.5, 0.6) is 11.5 Å². The molecule has 0 amide bonds. The van der Waals surface area contributed by atoms with Crippen LogP contribution in [0.4, 0.5) is 0 Å². The minimum atomic E-state index is -0.569. The van der Waals surface area contributed by atoms with E-state index in [2.05, 4.69) is 0 Å². The molecule has 0 aromatic heterocycles. The van der Waals surface area contributed by atoms with Crippen molar-refractivity contribution in [3.63, 3.8) is 0 Å². The number of benzene rings is 2.